The van der Waals surface area contributed by atoms with Crippen molar-refractivity contribution >= 4 is 23.7 Å². The smallest absolute Gasteiger partial charge is 0.331 e. The fourth-order valence-corrected chi connectivity index (χ4v) is 5.57. The highest BCUT2D eigenvalue weighted by atomic mass is 16.6. The quantitative estimate of drug-likeness (QED) is 0.126. The van der Waals surface area contributed by atoms with E-state index in [9.17, 15) is 19.2 Å². The Labute approximate surface area is 232 Å². The molecule has 3 aliphatic rings. The number of carbonyl (C=O) groups is 4. The molecule has 2 aliphatic carbocycles. The maximum Gasteiger partial charge on any atom is 0.331 e. The first-order valence-electron chi connectivity index (χ1n) is 14.2. The first-order chi connectivity index (χ1) is 18.3. The zero-order valence-corrected chi connectivity index (χ0v) is 24.6. The molecule has 0 aromatic heterocycles. The summed E-state index contributed by atoms with van der Waals surface area (Å²) in [7, 11) is 0. The first-order valence-corrected chi connectivity index (χ1v) is 14.2. The average Bonchev–Trinajstić information content (AvgIpc) is 3.59. The Balaban J connectivity index is 2.14. The number of rotatable bonds is 10. The van der Waals surface area contributed by atoms with Crippen molar-refractivity contribution in [3.05, 3.63) is 35.5 Å². The monoisotopic (exact) mass is 544 g/mol. The van der Waals surface area contributed by atoms with Gasteiger partial charge in [0.05, 0.1) is 24.0 Å². The minimum atomic E-state index is -1.11. The minimum Gasteiger partial charge on any atom is -0.457 e. The molecule has 0 spiro atoms. The van der Waals surface area contributed by atoms with E-state index in [1.54, 1.807) is 26.8 Å². The summed E-state index contributed by atoms with van der Waals surface area (Å²) in [5, 5.41) is 0. The summed E-state index contributed by atoms with van der Waals surface area (Å²) < 4.78 is 23.8. The summed E-state index contributed by atoms with van der Waals surface area (Å²) in [4.78, 5) is 52.7. The Morgan fingerprint density at radius 3 is 2.08 bits per heavy atom. The van der Waals surface area contributed by atoms with E-state index in [1.165, 1.54) is 6.08 Å². The van der Waals surface area contributed by atoms with Crippen LogP contribution in [-0.2, 0) is 38.1 Å². The highest BCUT2D eigenvalue weighted by Crippen LogP contribution is 2.58. The van der Waals surface area contributed by atoms with Crippen LogP contribution in [0.4, 0.5) is 0 Å². The third kappa shape index (κ3) is 6.06. The van der Waals surface area contributed by atoms with Gasteiger partial charge in [-0.15, -0.1) is 0 Å². The zero-order chi connectivity index (χ0) is 29.2. The van der Waals surface area contributed by atoms with Crippen LogP contribution in [0.5, 0.6) is 0 Å². The van der Waals surface area contributed by atoms with Gasteiger partial charge in [0.1, 0.15) is 6.10 Å². The predicted molar refractivity (Wildman–Crippen MR) is 145 cm³/mol. The number of allylic oxidation sites excluding steroid dienone is 2. The lowest BCUT2D eigenvalue weighted by Crippen LogP contribution is -2.57. The average molecular weight is 545 g/mol. The van der Waals surface area contributed by atoms with Crippen molar-refractivity contribution in [2.24, 2.45) is 29.6 Å². The molecule has 39 heavy (non-hydrogen) atoms. The molecule has 8 nitrogen and oxygen atoms in total. The van der Waals surface area contributed by atoms with E-state index in [2.05, 4.69) is 6.58 Å². The molecule has 8 heteroatoms. The molecule has 1 saturated heterocycles. The molecule has 2 unspecified atom stereocenters. The number of hydrogen-bond donors (Lipinski definition) is 0. The first kappa shape index (κ1) is 30.8. The molecule has 0 radical (unpaired) electrons. The Kier molecular flexibility index (Phi) is 9.63. The van der Waals surface area contributed by atoms with E-state index in [-0.39, 0.29) is 17.6 Å². The number of ketones is 1. The van der Waals surface area contributed by atoms with Crippen LogP contribution >= 0.6 is 0 Å². The Morgan fingerprint density at radius 2 is 1.59 bits per heavy atom. The summed E-state index contributed by atoms with van der Waals surface area (Å²) in [6, 6.07) is 0. The Bertz CT molecular complexity index is 1060. The lowest BCUT2D eigenvalue weighted by Gasteiger charge is -2.47. The van der Waals surface area contributed by atoms with Crippen molar-refractivity contribution in [2.75, 3.05) is 6.61 Å². The summed E-state index contributed by atoms with van der Waals surface area (Å²) in [5.41, 5.74) is 0.981. The molecule has 0 aromatic carbocycles. The molecule has 1 aliphatic heterocycles. The number of carbonyl (C=O) groups excluding carboxylic acids is 4. The molecule has 216 valence electrons. The summed E-state index contributed by atoms with van der Waals surface area (Å²) in [6.07, 6.45) is 1.86. The largest absolute Gasteiger partial charge is 0.457 e. The zero-order valence-electron chi connectivity index (χ0n) is 24.6. The van der Waals surface area contributed by atoms with Crippen molar-refractivity contribution in [2.45, 2.75) is 98.6 Å². The molecule has 3 rings (SSSR count). The van der Waals surface area contributed by atoms with Gasteiger partial charge < -0.3 is 18.9 Å². The molecule has 9 atom stereocenters. The molecule has 1 heterocycles. The van der Waals surface area contributed by atoms with E-state index < -0.39 is 59.6 Å². The van der Waals surface area contributed by atoms with Crippen LogP contribution in [-0.4, -0.2) is 54.2 Å². The van der Waals surface area contributed by atoms with Gasteiger partial charge in [0.25, 0.3) is 0 Å². The summed E-state index contributed by atoms with van der Waals surface area (Å²) >= 11 is 0. The second-order valence-corrected chi connectivity index (χ2v) is 11.4. The van der Waals surface area contributed by atoms with Crippen molar-refractivity contribution < 1.29 is 38.1 Å². The van der Waals surface area contributed by atoms with Gasteiger partial charge >= 0.3 is 17.9 Å². The SMILES string of the molecule is C=C1[C@H]2[C@@H](/C(=C/C)C(=O)[C@H]2OC(=O)C(C)CC)[C@H]([C@@]2(C)CO2)[C@@H](OC(=O)C(C)CC)[C@H]1OC(=O)/C=C(\C)CC. The van der Waals surface area contributed by atoms with Crippen LogP contribution in [0.15, 0.2) is 35.5 Å². The second kappa shape index (κ2) is 12.2. The van der Waals surface area contributed by atoms with Gasteiger partial charge in [-0.25, -0.2) is 4.79 Å². The van der Waals surface area contributed by atoms with Crippen LogP contribution in [0.25, 0.3) is 0 Å². The third-order valence-electron chi connectivity index (χ3n) is 8.75. The van der Waals surface area contributed by atoms with Crippen LogP contribution in [0.2, 0.25) is 0 Å². The highest BCUT2D eigenvalue weighted by Gasteiger charge is 2.67. The Morgan fingerprint density at radius 1 is 1.03 bits per heavy atom. The molecule has 3 fully saturated rings. The lowest BCUT2D eigenvalue weighted by atomic mass is 9.63. The van der Waals surface area contributed by atoms with Gasteiger partial charge in [-0.05, 0) is 51.2 Å². The number of hydrogen-bond acceptors (Lipinski definition) is 8. The molecule has 0 bridgehead atoms. The van der Waals surface area contributed by atoms with E-state index in [0.29, 0.717) is 37.0 Å². The fraction of sp³-hybridized carbons (Fsp3) is 0.677. The van der Waals surface area contributed by atoms with Crippen LogP contribution in [0.1, 0.15) is 74.7 Å². The van der Waals surface area contributed by atoms with Gasteiger partial charge in [0.15, 0.2) is 18.0 Å². The van der Waals surface area contributed by atoms with Crippen LogP contribution in [0, 0.1) is 29.6 Å². The summed E-state index contributed by atoms with van der Waals surface area (Å²) in [6.45, 7) is 19.4. The van der Waals surface area contributed by atoms with Gasteiger partial charge in [0.2, 0.25) is 0 Å². The molecule has 0 amide bonds. The predicted octanol–water partition coefficient (Wildman–Crippen LogP) is 4.91. The molecule has 0 aromatic rings. The topological polar surface area (TPSA) is 109 Å². The van der Waals surface area contributed by atoms with Gasteiger partial charge in [0, 0.05) is 23.8 Å². The van der Waals surface area contributed by atoms with Crippen molar-refractivity contribution in [1.82, 2.24) is 0 Å². The normalized spacial score (nSPS) is 34.8. The van der Waals surface area contributed by atoms with Crippen molar-refractivity contribution in [3.63, 3.8) is 0 Å². The lowest BCUT2D eigenvalue weighted by molar-refractivity contribution is -0.182. The number of ether oxygens (including phenoxy) is 4. The second-order valence-electron chi connectivity index (χ2n) is 11.4. The molecular weight excluding hydrogens is 500 g/mol. The Hall–Kier alpha value is -2.74. The van der Waals surface area contributed by atoms with E-state index in [4.69, 9.17) is 18.9 Å². The highest BCUT2D eigenvalue weighted by molar-refractivity contribution is 6.04. The van der Waals surface area contributed by atoms with E-state index in [0.717, 1.165) is 5.57 Å². The van der Waals surface area contributed by atoms with Gasteiger partial charge in [-0.1, -0.05) is 52.8 Å². The minimum absolute atomic E-state index is 0.305. The molecular formula is C31H44O8. The van der Waals surface area contributed by atoms with E-state index in [1.807, 2.05) is 34.6 Å². The van der Waals surface area contributed by atoms with Crippen molar-refractivity contribution in [1.29, 1.82) is 0 Å². The summed E-state index contributed by atoms with van der Waals surface area (Å²) in [5.74, 6) is -4.22. The maximum absolute atomic E-state index is 13.7. The fourth-order valence-electron chi connectivity index (χ4n) is 5.57. The number of fused-ring (bicyclic) bond motifs is 1. The standard InChI is InChI=1S/C31H44O8/c1-10-16(5)14-21(32)37-26-19(8)22-23(20(13-4)25(33)27(22)38-29(34)17(6)11-2)24(31(9)15-36-31)28(26)39-30(35)18(7)12-3/h13-14,17-18,22-24,26-28H,8,10-12,15H2,1-7,9H3/b16-14+,20-13-/t17?,18?,22-,23+,24-,26-,27-,28+,31+/m0/s1. The van der Waals surface area contributed by atoms with Crippen molar-refractivity contribution in [3.8, 4) is 0 Å². The number of epoxide rings is 1. The van der Waals surface area contributed by atoms with Gasteiger partial charge in [-0.3, -0.25) is 14.4 Å². The number of Topliss-reactive ketones (excluding diaryl/α,β-unsaturated/α-hetero) is 1. The number of esters is 3. The maximum atomic E-state index is 13.7. The molecule has 0 N–H and O–H groups in total. The molecule has 2 saturated carbocycles. The third-order valence-corrected chi connectivity index (χ3v) is 8.75. The van der Waals surface area contributed by atoms with E-state index >= 15 is 0 Å². The van der Waals surface area contributed by atoms with Crippen LogP contribution < -0.4 is 0 Å². The van der Waals surface area contributed by atoms with Gasteiger partial charge in [-0.2, -0.15) is 0 Å². The van der Waals surface area contributed by atoms with Crippen LogP contribution in [0.3, 0.4) is 0 Å².